The van der Waals surface area contributed by atoms with Crippen molar-refractivity contribution >= 4 is 34.0 Å². The van der Waals surface area contributed by atoms with Crippen molar-refractivity contribution in [2.45, 2.75) is 0 Å². The number of amides is 1. The van der Waals surface area contributed by atoms with Crippen LogP contribution in [0.2, 0.25) is 0 Å². The fraction of sp³-hybridized carbons (Fsp3) is 0.0714. The normalized spacial score (nSPS) is 11.1. The molecule has 0 aliphatic heterocycles. The van der Waals surface area contributed by atoms with Crippen molar-refractivity contribution in [3.63, 3.8) is 0 Å². The lowest BCUT2D eigenvalue weighted by Gasteiger charge is -2.19. The molecule has 4 aromatic carbocycles. The van der Waals surface area contributed by atoms with E-state index in [4.69, 9.17) is 0 Å². The van der Waals surface area contributed by atoms with Gasteiger partial charge in [0.05, 0.1) is 22.3 Å². The van der Waals surface area contributed by atoms with Gasteiger partial charge in [-0.05, 0) is 17.7 Å². The average Bonchev–Trinajstić information content (AvgIpc) is 3.18. The van der Waals surface area contributed by atoms with Crippen molar-refractivity contribution in [3.05, 3.63) is 102 Å². The maximum Gasteiger partial charge on any atom is 0.256 e. The summed E-state index contributed by atoms with van der Waals surface area (Å²) in [6.07, 6.45) is 0.756. The summed E-state index contributed by atoms with van der Waals surface area (Å²) < 4.78 is 2.12. The van der Waals surface area contributed by atoms with Crippen LogP contribution in [0.3, 0.4) is 0 Å². The van der Waals surface area contributed by atoms with Crippen molar-refractivity contribution in [1.29, 1.82) is 0 Å². The van der Waals surface area contributed by atoms with Gasteiger partial charge in [0.2, 0.25) is 0 Å². The van der Waals surface area contributed by atoms with Crippen LogP contribution in [-0.4, -0.2) is 35.8 Å². The molecular weight excluding hydrogens is 396 g/mol. The van der Waals surface area contributed by atoms with E-state index in [1.54, 1.807) is 20.2 Å². The van der Waals surface area contributed by atoms with E-state index in [2.05, 4.69) is 47.0 Å². The maximum atomic E-state index is 13.2. The van der Waals surface area contributed by atoms with E-state index in [9.17, 15) is 9.59 Å². The van der Waals surface area contributed by atoms with Crippen LogP contribution in [0.5, 0.6) is 0 Å². The van der Waals surface area contributed by atoms with Crippen LogP contribution in [0.25, 0.3) is 38.6 Å². The average molecular weight is 418 g/mol. The summed E-state index contributed by atoms with van der Waals surface area (Å²) in [5, 5.41) is 2.20. The summed E-state index contributed by atoms with van der Waals surface area (Å²) in [4.78, 5) is 26.6. The molecule has 5 rings (SSSR count). The minimum atomic E-state index is -0.203. The summed E-state index contributed by atoms with van der Waals surface area (Å²) in [6.45, 7) is 0. The van der Waals surface area contributed by atoms with Crippen LogP contribution < -0.4 is 0 Å². The first-order valence-electron chi connectivity index (χ1n) is 10.5. The van der Waals surface area contributed by atoms with Crippen LogP contribution in [-0.2, 0) is 0 Å². The Morgan fingerprint density at radius 3 is 2.22 bits per heavy atom. The Hall–Kier alpha value is -4.18. The van der Waals surface area contributed by atoms with Crippen LogP contribution >= 0.6 is 0 Å². The molecule has 0 fully saturated rings. The third-order valence-corrected chi connectivity index (χ3v) is 5.84. The molecule has 0 unspecified atom stereocenters. The number of para-hydroxylation sites is 2. The molecule has 4 nitrogen and oxygen atoms in total. The Morgan fingerprint density at radius 1 is 0.781 bits per heavy atom. The second-order valence-corrected chi connectivity index (χ2v) is 7.98. The van der Waals surface area contributed by atoms with Gasteiger partial charge in [0, 0.05) is 36.0 Å². The van der Waals surface area contributed by atoms with Gasteiger partial charge in [-0.2, -0.15) is 0 Å². The summed E-state index contributed by atoms with van der Waals surface area (Å²) >= 11 is 0. The van der Waals surface area contributed by atoms with E-state index in [1.165, 1.54) is 4.90 Å². The number of nitrogens with zero attached hydrogens (tertiary/aromatic N) is 2. The van der Waals surface area contributed by atoms with Gasteiger partial charge in [-0.15, -0.1) is 0 Å². The van der Waals surface area contributed by atoms with Crippen LogP contribution in [0.1, 0.15) is 20.7 Å². The third kappa shape index (κ3) is 3.00. The monoisotopic (exact) mass is 418 g/mol. The topological polar surface area (TPSA) is 42.3 Å². The zero-order chi connectivity index (χ0) is 22.2. The van der Waals surface area contributed by atoms with Gasteiger partial charge >= 0.3 is 0 Å². The molecule has 4 heteroatoms. The minimum Gasteiger partial charge on any atom is -0.345 e. The molecule has 0 atom stereocenters. The highest BCUT2D eigenvalue weighted by atomic mass is 16.2. The van der Waals surface area contributed by atoms with Crippen molar-refractivity contribution in [1.82, 2.24) is 9.47 Å². The fourth-order valence-corrected chi connectivity index (χ4v) is 4.42. The number of aromatic nitrogens is 1. The number of carbonyl (C=O) groups excluding carboxylic acids is 2. The molecule has 156 valence electrons. The summed E-state index contributed by atoms with van der Waals surface area (Å²) in [5.41, 5.74) is 5.64. The SMILES string of the molecule is CN(C)C(=O)c1c(C=O)cccc1-n1c2ccccc2c2cccc(-c3ccccc3)c21. The van der Waals surface area contributed by atoms with Crippen molar-refractivity contribution in [2.75, 3.05) is 14.1 Å². The molecular formula is C28H22N2O2. The molecule has 0 saturated heterocycles. The van der Waals surface area contributed by atoms with Gasteiger partial charge in [0.1, 0.15) is 0 Å². The molecule has 0 spiro atoms. The van der Waals surface area contributed by atoms with E-state index in [0.29, 0.717) is 16.8 Å². The lowest BCUT2D eigenvalue weighted by Crippen LogP contribution is -2.24. The van der Waals surface area contributed by atoms with Crippen molar-refractivity contribution in [2.24, 2.45) is 0 Å². The predicted molar refractivity (Wildman–Crippen MR) is 130 cm³/mol. The van der Waals surface area contributed by atoms with E-state index in [1.807, 2.05) is 42.5 Å². The molecule has 1 aromatic heterocycles. The first-order chi connectivity index (χ1) is 15.6. The molecule has 0 N–H and O–H groups in total. The molecule has 1 amide bonds. The van der Waals surface area contributed by atoms with E-state index in [0.717, 1.165) is 39.2 Å². The largest absolute Gasteiger partial charge is 0.345 e. The second-order valence-electron chi connectivity index (χ2n) is 7.98. The molecule has 5 aromatic rings. The number of hydrogen-bond acceptors (Lipinski definition) is 2. The smallest absolute Gasteiger partial charge is 0.256 e. The van der Waals surface area contributed by atoms with Gasteiger partial charge in [-0.3, -0.25) is 9.59 Å². The third-order valence-electron chi connectivity index (χ3n) is 5.84. The Morgan fingerprint density at radius 2 is 1.47 bits per heavy atom. The van der Waals surface area contributed by atoms with Gasteiger partial charge in [-0.1, -0.05) is 78.9 Å². The Kier molecular flexibility index (Phi) is 4.83. The van der Waals surface area contributed by atoms with Crippen molar-refractivity contribution in [3.8, 4) is 16.8 Å². The summed E-state index contributed by atoms with van der Waals surface area (Å²) in [7, 11) is 3.41. The molecule has 32 heavy (non-hydrogen) atoms. The standard InChI is InChI=1S/C28H22N2O2/c1-29(2)28(32)26-20(18-31)12-8-17-25(26)30-24-16-7-6-13-22(24)23-15-9-14-21(27(23)30)19-10-4-3-5-11-19/h3-18H,1-2H3. The lowest BCUT2D eigenvalue weighted by atomic mass is 10.0. The molecule has 0 radical (unpaired) electrons. The number of hydrogen-bond donors (Lipinski definition) is 0. The minimum absolute atomic E-state index is 0.203. The van der Waals surface area contributed by atoms with Gasteiger partial charge in [-0.25, -0.2) is 0 Å². The molecule has 1 heterocycles. The van der Waals surface area contributed by atoms with Crippen LogP contribution in [0.15, 0.2) is 91.0 Å². The highest BCUT2D eigenvalue weighted by molar-refractivity contribution is 6.15. The Balaban J connectivity index is 1.98. The van der Waals surface area contributed by atoms with E-state index in [-0.39, 0.29) is 5.91 Å². The molecule has 0 aliphatic rings. The molecule has 0 saturated carbocycles. The Labute approximate surface area is 186 Å². The van der Waals surface area contributed by atoms with E-state index >= 15 is 0 Å². The highest BCUT2D eigenvalue weighted by Crippen LogP contribution is 2.39. The maximum absolute atomic E-state index is 13.2. The first-order valence-corrected chi connectivity index (χ1v) is 10.5. The summed E-state index contributed by atoms with van der Waals surface area (Å²) in [5.74, 6) is -0.203. The Bertz CT molecular complexity index is 1480. The highest BCUT2D eigenvalue weighted by Gasteiger charge is 2.23. The van der Waals surface area contributed by atoms with Gasteiger partial charge < -0.3 is 9.47 Å². The number of fused-ring (bicyclic) bond motifs is 3. The number of rotatable bonds is 4. The number of carbonyl (C=O) groups is 2. The molecule has 0 bridgehead atoms. The van der Waals surface area contributed by atoms with Crippen LogP contribution in [0.4, 0.5) is 0 Å². The van der Waals surface area contributed by atoms with Gasteiger partial charge in [0.15, 0.2) is 6.29 Å². The fourth-order valence-electron chi connectivity index (χ4n) is 4.42. The second kappa shape index (κ2) is 7.82. The van der Waals surface area contributed by atoms with Crippen molar-refractivity contribution < 1.29 is 9.59 Å². The number of benzene rings is 4. The van der Waals surface area contributed by atoms with Crippen LogP contribution in [0, 0.1) is 0 Å². The van der Waals surface area contributed by atoms with E-state index < -0.39 is 0 Å². The summed E-state index contributed by atoms with van der Waals surface area (Å²) in [6, 6.07) is 30.1. The van der Waals surface area contributed by atoms with Gasteiger partial charge in [0.25, 0.3) is 5.91 Å². The molecule has 0 aliphatic carbocycles. The first kappa shape index (κ1) is 19.8. The predicted octanol–water partition coefficient (Wildman–Crippen LogP) is 5.97. The lowest BCUT2D eigenvalue weighted by molar-refractivity contribution is 0.0824. The zero-order valence-corrected chi connectivity index (χ0v) is 17.9. The quantitative estimate of drug-likeness (QED) is 0.338. The zero-order valence-electron chi connectivity index (χ0n) is 17.9. The number of aldehydes is 1.